The molecular formula is C33H29F4N3O. The average Bonchev–Trinajstić information content (AvgIpc) is 3.35. The molecule has 0 saturated carbocycles. The van der Waals surface area contributed by atoms with Crippen molar-refractivity contribution in [2.24, 2.45) is 4.99 Å². The number of hydrogen-bond donors (Lipinski definition) is 1. The first-order valence-corrected chi connectivity index (χ1v) is 13.3. The van der Waals surface area contributed by atoms with E-state index in [2.05, 4.69) is 5.32 Å². The molecular weight excluding hydrogens is 530 g/mol. The summed E-state index contributed by atoms with van der Waals surface area (Å²) in [6.07, 6.45) is -2.91. The normalized spacial score (nSPS) is 15.0. The average molecular weight is 560 g/mol. The number of hydrogen-bond acceptors (Lipinski definition) is 2. The third-order valence-electron chi connectivity index (χ3n) is 7.38. The van der Waals surface area contributed by atoms with Crippen molar-refractivity contribution in [3.05, 3.63) is 125 Å². The summed E-state index contributed by atoms with van der Waals surface area (Å²) in [4.78, 5) is 19.8. The lowest BCUT2D eigenvalue weighted by Crippen LogP contribution is -2.27. The molecule has 1 atom stereocenters. The maximum absolute atomic E-state index is 13.4. The van der Waals surface area contributed by atoms with Crippen molar-refractivity contribution >= 4 is 17.4 Å². The molecule has 4 aromatic rings. The first kappa shape index (κ1) is 28.1. The highest BCUT2D eigenvalue weighted by Crippen LogP contribution is 2.37. The van der Waals surface area contributed by atoms with E-state index in [0.717, 1.165) is 47.1 Å². The molecule has 5 rings (SSSR count). The highest BCUT2D eigenvalue weighted by Gasteiger charge is 2.33. The third-order valence-corrected chi connectivity index (χ3v) is 7.38. The number of alkyl halides is 3. The first-order valence-electron chi connectivity index (χ1n) is 13.3. The van der Waals surface area contributed by atoms with Crippen LogP contribution in [0.1, 0.15) is 52.0 Å². The zero-order chi connectivity index (χ0) is 29.1. The van der Waals surface area contributed by atoms with Gasteiger partial charge in [0.1, 0.15) is 11.7 Å². The molecule has 0 radical (unpaired) electrons. The Morgan fingerprint density at radius 2 is 1.68 bits per heavy atom. The molecule has 0 heterocycles. The zero-order valence-electron chi connectivity index (χ0n) is 22.7. The van der Waals surface area contributed by atoms with Crippen LogP contribution in [0.3, 0.4) is 0 Å². The molecule has 1 amide bonds. The number of rotatable bonds is 6. The third kappa shape index (κ3) is 6.48. The van der Waals surface area contributed by atoms with Gasteiger partial charge >= 0.3 is 6.18 Å². The Morgan fingerprint density at radius 3 is 2.39 bits per heavy atom. The Kier molecular flexibility index (Phi) is 7.92. The van der Waals surface area contributed by atoms with E-state index in [-0.39, 0.29) is 23.3 Å². The zero-order valence-corrected chi connectivity index (χ0v) is 22.7. The highest BCUT2D eigenvalue weighted by atomic mass is 19.4. The standard InChI is InChI=1S/C33H29F4N3O/c1-21(40(2)20-22-7-15-26(34)16-8-22)38-27-17-13-24-14-18-31(29(24)19-27)39-32(41)25-11-9-23(10-12-25)28-5-3-4-6-30(28)33(35,36)37/h3-13,15-17,19,31H,14,18,20H2,1-2H3,(H,39,41)/t31-/m0/s1. The van der Waals surface area contributed by atoms with E-state index in [1.54, 1.807) is 42.5 Å². The second kappa shape index (κ2) is 11.6. The molecule has 1 aliphatic rings. The number of nitrogens with one attached hydrogen (secondary N) is 1. The molecule has 8 heteroatoms. The maximum atomic E-state index is 13.4. The first-order chi connectivity index (χ1) is 19.6. The van der Waals surface area contributed by atoms with Crippen LogP contribution in [0.5, 0.6) is 0 Å². The highest BCUT2D eigenvalue weighted by molar-refractivity contribution is 5.95. The van der Waals surface area contributed by atoms with Gasteiger partial charge in [-0.25, -0.2) is 9.38 Å². The van der Waals surface area contributed by atoms with Crippen molar-refractivity contribution in [1.82, 2.24) is 10.2 Å². The van der Waals surface area contributed by atoms with Gasteiger partial charge in [-0.05, 0) is 90.0 Å². The molecule has 0 saturated heterocycles. The summed E-state index contributed by atoms with van der Waals surface area (Å²) in [5, 5.41) is 3.08. The number of benzene rings is 4. The summed E-state index contributed by atoms with van der Waals surface area (Å²) in [5.41, 5.74) is 4.01. The fraction of sp³-hybridized carbons (Fsp3) is 0.212. The molecule has 0 aliphatic heterocycles. The molecule has 0 bridgehead atoms. The summed E-state index contributed by atoms with van der Waals surface area (Å²) in [7, 11) is 1.92. The van der Waals surface area contributed by atoms with Crippen LogP contribution in [0.2, 0.25) is 0 Å². The molecule has 41 heavy (non-hydrogen) atoms. The molecule has 210 valence electrons. The molecule has 1 aliphatic carbocycles. The van der Waals surface area contributed by atoms with Crippen LogP contribution in [0, 0.1) is 5.82 Å². The largest absolute Gasteiger partial charge is 0.417 e. The predicted molar refractivity (Wildman–Crippen MR) is 152 cm³/mol. The summed E-state index contributed by atoms with van der Waals surface area (Å²) in [6.45, 7) is 2.49. The summed E-state index contributed by atoms with van der Waals surface area (Å²) < 4.78 is 53.5. The number of carbonyl (C=O) groups is 1. The van der Waals surface area contributed by atoms with Crippen molar-refractivity contribution in [1.29, 1.82) is 0 Å². The number of amides is 1. The number of amidine groups is 1. The molecule has 0 fully saturated rings. The van der Waals surface area contributed by atoms with Gasteiger partial charge in [-0.15, -0.1) is 0 Å². The quantitative estimate of drug-likeness (QED) is 0.147. The smallest absolute Gasteiger partial charge is 0.359 e. The van der Waals surface area contributed by atoms with E-state index in [1.165, 1.54) is 24.3 Å². The van der Waals surface area contributed by atoms with Gasteiger partial charge in [-0.2, -0.15) is 13.2 Å². The Hall–Kier alpha value is -4.46. The van der Waals surface area contributed by atoms with Crippen molar-refractivity contribution in [2.75, 3.05) is 7.05 Å². The minimum Gasteiger partial charge on any atom is -0.359 e. The summed E-state index contributed by atoms with van der Waals surface area (Å²) in [6, 6.07) is 23.7. The van der Waals surface area contributed by atoms with Crippen LogP contribution >= 0.6 is 0 Å². The molecule has 0 spiro atoms. The molecule has 0 aromatic heterocycles. The molecule has 4 aromatic carbocycles. The lowest BCUT2D eigenvalue weighted by atomic mass is 9.98. The Morgan fingerprint density at radius 1 is 0.976 bits per heavy atom. The number of carbonyl (C=O) groups excluding carboxylic acids is 1. The number of aryl methyl sites for hydroxylation is 1. The SMILES string of the molecule is CC(=Nc1ccc2c(c1)[C@@H](NC(=O)c1ccc(-c3ccccc3C(F)(F)F)cc1)CC2)N(C)Cc1ccc(F)cc1. The van der Waals surface area contributed by atoms with Gasteiger partial charge in [0.2, 0.25) is 0 Å². The fourth-order valence-corrected chi connectivity index (χ4v) is 5.08. The number of aliphatic imine (C=N–C) groups is 1. The number of nitrogens with zero attached hydrogens (tertiary/aromatic N) is 2. The Labute approximate surface area is 236 Å². The van der Waals surface area contributed by atoms with Crippen LogP contribution in [0.25, 0.3) is 11.1 Å². The van der Waals surface area contributed by atoms with Crippen LogP contribution in [-0.4, -0.2) is 23.7 Å². The minimum absolute atomic E-state index is 0.0726. The maximum Gasteiger partial charge on any atom is 0.417 e. The monoisotopic (exact) mass is 559 g/mol. The van der Waals surface area contributed by atoms with Gasteiger partial charge in [-0.1, -0.05) is 48.5 Å². The van der Waals surface area contributed by atoms with Crippen molar-refractivity contribution in [2.45, 2.75) is 38.5 Å². The lowest BCUT2D eigenvalue weighted by molar-refractivity contribution is -0.137. The van der Waals surface area contributed by atoms with Crippen LogP contribution in [0.4, 0.5) is 23.2 Å². The van der Waals surface area contributed by atoms with E-state index in [1.807, 2.05) is 37.1 Å². The van der Waals surface area contributed by atoms with Crippen molar-refractivity contribution in [3.8, 4) is 11.1 Å². The summed E-state index contributed by atoms with van der Waals surface area (Å²) in [5.74, 6) is 0.230. The van der Waals surface area contributed by atoms with Gasteiger partial charge in [0.05, 0.1) is 17.3 Å². The van der Waals surface area contributed by atoms with E-state index >= 15 is 0 Å². The Bertz CT molecular complexity index is 1580. The molecule has 0 unspecified atom stereocenters. The second-order valence-corrected chi connectivity index (χ2v) is 10.2. The van der Waals surface area contributed by atoms with Crippen molar-refractivity contribution < 1.29 is 22.4 Å². The second-order valence-electron chi connectivity index (χ2n) is 10.2. The summed E-state index contributed by atoms with van der Waals surface area (Å²) >= 11 is 0. The molecule has 4 nitrogen and oxygen atoms in total. The van der Waals surface area contributed by atoms with E-state index in [4.69, 9.17) is 4.99 Å². The van der Waals surface area contributed by atoms with E-state index in [9.17, 15) is 22.4 Å². The van der Waals surface area contributed by atoms with Gasteiger partial charge in [0, 0.05) is 19.2 Å². The fourth-order valence-electron chi connectivity index (χ4n) is 5.08. The van der Waals surface area contributed by atoms with E-state index < -0.39 is 11.7 Å². The van der Waals surface area contributed by atoms with E-state index in [0.29, 0.717) is 17.7 Å². The predicted octanol–water partition coefficient (Wildman–Crippen LogP) is 8.11. The Balaban J connectivity index is 1.28. The van der Waals surface area contributed by atoms with Crippen LogP contribution in [-0.2, 0) is 19.1 Å². The minimum atomic E-state index is -4.47. The topological polar surface area (TPSA) is 44.7 Å². The van der Waals surface area contributed by atoms with Crippen LogP contribution in [0.15, 0.2) is 96.0 Å². The van der Waals surface area contributed by atoms with Crippen LogP contribution < -0.4 is 5.32 Å². The van der Waals surface area contributed by atoms with Gasteiger partial charge < -0.3 is 10.2 Å². The van der Waals surface area contributed by atoms with Gasteiger partial charge in [0.15, 0.2) is 0 Å². The molecule has 1 N–H and O–H groups in total. The van der Waals surface area contributed by atoms with Gasteiger partial charge in [-0.3, -0.25) is 4.79 Å². The number of halogens is 4. The van der Waals surface area contributed by atoms with Gasteiger partial charge in [0.25, 0.3) is 5.91 Å². The van der Waals surface area contributed by atoms with Crippen molar-refractivity contribution in [3.63, 3.8) is 0 Å². The lowest BCUT2D eigenvalue weighted by Gasteiger charge is -2.19. The number of fused-ring (bicyclic) bond motifs is 1.